The van der Waals surface area contributed by atoms with Gasteiger partial charge in [0.15, 0.2) is 0 Å². The second kappa shape index (κ2) is 4.78. The van der Waals surface area contributed by atoms with E-state index in [0.29, 0.717) is 5.56 Å². The summed E-state index contributed by atoms with van der Waals surface area (Å²) in [6.45, 7) is 0. The number of halogens is 2. The molecule has 0 unspecified atom stereocenters. The fraction of sp³-hybridized carbons (Fsp3) is 0. The standard InChI is InChI=1S/C9H5Cl2N3OS/c10-6-3-7(14-9(11)12-6)13-8(15)5-1-2-16-4-5/h1-4H,(H,12,13,14,15). The van der Waals surface area contributed by atoms with E-state index in [1.807, 2.05) is 5.38 Å². The number of rotatable bonds is 2. The van der Waals surface area contributed by atoms with E-state index < -0.39 is 0 Å². The molecule has 1 amide bonds. The minimum Gasteiger partial charge on any atom is -0.306 e. The first-order valence-electron chi connectivity index (χ1n) is 4.19. The Morgan fingerprint density at radius 2 is 2.19 bits per heavy atom. The van der Waals surface area contributed by atoms with Crippen LogP contribution < -0.4 is 5.32 Å². The van der Waals surface area contributed by atoms with Gasteiger partial charge in [-0.3, -0.25) is 4.79 Å². The predicted molar refractivity (Wildman–Crippen MR) is 64.3 cm³/mol. The highest BCUT2D eigenvalue weighted by atomic mass is 35.5. The summed E-state index contributed by atoms with van der Waals surface area (Å²) in [6.07, 6.45) is 0. The Bertz CT molecular complexity index is 495. The minimum absolute atomic E-state index is 0.00637. The summed E-state index contributed by atoms with van der Waals surface area (Å²) in [7, 11) is 0. The highest BCUT2D eigenvalue weighted by Gasteiger charge is 2.08. The third-order valence-electron chi connectivity index (χ3n) is 1.69. The van der Waals surface area contributed by atoms with E-state index in [-0.39, 0.29) is 22.2 Å². The number of carbonyl (C=O) groups is 1. The van der Waals surface area contributed by atoms with Gasteiger partial charge in [-0.1, -0.05) is 11.6 Å². The average molecular weight is 274 g/mol. The van der Waals surface area contributed by atoms with Crippen LogP contribution in [-0.4, -0.2) is 15.9 Å². The predicted octanol–water partition coefficient (Wildman–Crippen LogP) is 3.10. The molecule has 16 heavy (non-hydrogen) atoms. The van der Waals surface area contributed by atoms with Crippen LogP contribution in [-0.2, 0) is 0 Å². The molecule has 0 bridgehead atoms. The number of thiophene rings is 1. The van der Waals surface area contributed by atoms with Crippen molar-refractivity contribution in [2.75, 3.05) is 5.32 Å². The van der Waals surface area contributed by atoms with Gasteiger partial charge in [-0.05, 0) is 23.0 Å². The van der Waals surface area contributed by atoms with Crippen LogP contribution in [0.25, 0.3) is 0 Å². The SMILES string of the molecule is O=C(Nc1cc(Cl)nc(Cl)n1)c1ccsc1. The monoisotopic (exact) mass is 273 g/mol. The van der Waals surface area contributed by atoms with Crippen LogP contribution in [0.4, 0.5) is 5.82 Å². The molecule has 0 saturated carbocycles. The maximum Gasteiger partial charge on any atom is 0.257 e. The van der Waals surface area contributed by atoms with Crippen molar-refractivity contribution in [1.29, 1.82) is 0 Å². The zero-order chi connectivity index (χ0) is 11.5. The lowest BCUT2D eigenvalue weighted by molar-refractivity contribution is 0.102. The fourth-order valence-corrected chi connectivity index (χ4v) is 2.08. The number of anilines is 1. The van der Waals surface area contributed by atoms with E-state index in [1.165, 1.54) is 17.4 Å². The normalized spacial score (nSPS) is 10.1. The summed E-state index contributed by atoms with van der Waals surface area (Å²) in [6, 6.07) is 3.14. The van der Waals surface area contributed by atoms with Gasteiger partial charge < -0.3 is 5.32 Å². The fourth-order valence-electron chi connectivity index (χ4n) is 1.04. The molecular formula is C9H5Cl2N3OS. The zero-order valence-electron chi connectivity index (χ0n) is 7.78. The molecule has 0 spiro atoms. The van der Waals surface area contributed by atoms with Gasteiger partial charge in [0.25, 0.3) is 5.91 Å². The number of aromatic nitrogens is 2. The van der Waals surface area contributed by atoms with Crippen LogP contribution in [0.5, 0.6) is 0 Å². The minimum atomic E-state index is -0.257. The first-order valence-corrected chi connectivity index (χ1v) is 5.88. The summed E-state index contributed by atoms with van der Waals surface area (Å²) in [5, 5.41) is 6.30. The smallest absolute Gasteiger partial charge is 0.257 e. The van der Waals surface area contributed by atoms with Crippen molar-refractivity contribution in [1.82, 2.24) is 9.97 Å². The van der Waals surface area contributed by atoms with Gasteiger partial charge in [0.2, 0.25) is 5.28 Å². The lowest BCUT2D eigenvalue weighted by atomic mass is 10.3. The van der Waals surface area contributed by atoms with E-state index in [4.69, 9.17) is 23.2 Å². The third-order valence-corrected chi connectivity index (χ3v) is 2.74. The van der Waals surface area contributed by atoms with Gasteiger partial charge in [0.05, 0.1) is 5.56 Å². The molecule has 1 N–H and O–H groups in total. The molecule has 2 aromatic heterocycles. The highest BCUT2D eigenvalue weighted by Crippen LogP contribution is 2.15. The maximum absolute atomic E-state index is 11.6. The van der Waals surface area contributed by atoms with E-state index in [2.05, 4.69) is 15.3 Å². The van der Waals surface area contributed by atoms with Crippen molar-refractivity contribution in [2.45, 2.75) is 0 Å². The van der Waals surface area contributed by atoms with Gasteiger partial charge in [-0.25, -0.2) is 9.97 Å². The summed E-state index contributed by atoms with van der Waals surface area (Å²) in [4.78, 5) is 19.1. The van der Waals surface area contributed by atoms with Crippen LogP contribution in [0.3, 0.4) is 0 Å². The molecule has 2 heterocycles. The van der Waals surface area contributed by atoms with E-state index in [0.717, 1.165) is 0 Å². The van der Waals surface area contributed by atoms with Crippen molar-refractivity contribution < 1.29 is 4.79 Å². The Labute approximate surface area is 105 Å². The number of carbonyl (C=O) groups excluding carboxylic acids is 1. The molecule has 0 fully saturated rings. The molecule has 0 aliphatic carbocycles. The Morgan fingerprint density at radius 3 is 2.81 bits per heavy atom. The van der Waals surface area contributed by atoms with Crippen LogP contribution in [0, 0.1) is 0 Å². The van der Waals surface area contributed by atoms with Crippen LogP contribution >= 0.6 is 34.5 Å². The Hall–Kier alpha value is -1.17. The molecule has 4 nitrogen and oxygen atoms in total. The molecule has 2 aromatic rings. The molecule has 0 atom stereocenters. The number of hydrogen-bond donors (Lipinski definition) is 1. The molecule has 0 aliphatic heterocycles. The van der Waals surface area contributed by atoms with Gasteiger partial charge in [-0.2, -0.15) is 11.3 Å². The molecule has 0 radical (unpaired) electrons. The molecule has 2 rings (SSSR count). The number of amides is 1. The van der Waals surface area contributed by atoms with Gasteiger partial charge in [-0.15, -0.1) is 0 Å². The van der Waals surface area contributed by atoms with Gasteiger partial charge >= 0.3 is 0 Å². The van der Waals surface area contributed by atoms with Gasteiger partial charge in [0.1, 0.15) is 11.0 Å². The molecule has 0 aliphatic rings. The van der Waals surface area contributed by atoms with Gasteiger partial charge in [0, 0.05) is 11.4 Å². The Morgan fingerprint density at radius 1 is 1.38 bits per heavy atom. The van der Waals surface area contributed by atoms with Crippen molar-refractivity contribution in [2.24, 2.45) is 0 Å². The van der Waals surface area contributed by atoms with Crippen molar-refractivity contribution in [3.05, 3.63) is 38.9 Å². The quantitative estimate of drug-likeness (QED) is 0.676. The second-order valence-electron chi connectivity index (χ2n) is 2.81. The van der Waals surface area contributed by atoms with Crippen molar-refractivity contribution >= 4 is 46.3 Å². The lowest BCUT2D eigenvalue weighted by Crippen LogP contribution is -2.12. The molecule has 0 aromatic carbocycles. The summed E-state index contributed by atoms with van der Waals surface area (Å²) in [5.74, 6) is 0.0216. The molecule has 7 heteroatoms. The number of nitrogens with one attached hydrogen (secondary N) is 1. The van der Waals surface area contributed by atoms with Crippen LogP contribution in [0.1, 0.15) is 10.4 Å². The second-order valence-corrected chi connectivity index (χ2v) is 4.32. The number of nitrogens with zero attached hydrogens (tertiary/aromatic N) is 2. The third kappa shape index (κ3) is 2.69. The highest BCUT2D eigenvalue weighted by molar-refractivity contribution is 7.08. The lowest BCUT2D eigenvalue weighted by Gasteiger charge is -2.03. The van der Waals surface area contributed by atoms with E-state index in [1.54, 1.807) is 11.4 Å². The molecule has 0 saturated heterocycles. The van der Waals surface area contributed by atoms with Crippen molar-refractivity contribution in [3.63, 3.8) is 0 Å². The summed E-state index contributed by atoms with van der Waals surface area (Å²) < 4.78 is 0. The average Bonchev–Trinajstić information content (AvgIpc) is 2.68. The summed E-state index contributed by atoms with van der Waals surface area (Å²) in [5.41, 5.74) is 0.566. The topological polar surface area (TPSA) is 54.9 Å². The molecule has 82 valence electrons. The Kier molecular flexibility index (Phi) is 3.38. The van der Waals surface area contributed by atoms with E-state index in [9.17, 15) is 4.79 Å². The van der Waals surface area contributed by atoms with E-state index >= 15 is 0 Å². The Balaban J connectivity index is 2.18. The largest absolute Gasteiger partial charge is 0.306 e. The number of hydrogen-bond acceptors (Lipinski definition) is 4. The zero-order valence-corrected chi connectivity index (χ0v) is 10.1. The first-order chi connectivity index (χ1) is 7.65. The van der Waals surface area contributed by atoms with Crippen molar-refractivity contribution in [3.8, 4) is 0 Å². The first kappa shape index (κ1) is 11.3. The molecular weight excluding hydrogens is 269 g/mol. The maximum atomic E-state index is 11.6. The summed E-state index contributed by atoms with van der Waals surface area (Å²) >= 11 is 12.7. The van der Waals surface area contributed by atoms with Crippen LogP contribution in [0.15, 0.2) is 22.9 Å². The van der Waals surface area contributed by atoms with Crippen LogP contribution in [0.2, 0.25) is 10.4 Å².